The lowest BCUT2D eigenvalue weighted by Gasteiger charge is -2.11. The summed E-state index contributed by atoms with van der Waals surface area (Å²) < 4.78 is 38.6. The normalized spacial score (nSPS) is 12.5. The molecule has 2 rings (SSSR count). The molecule has 2 aromatic carbocycles. The summed E-state index contributed by atoms with van der Waals surface area (Å²) in [6.45, 7) is 3.93. The topological polar surface area (TPSA) is 12.4 Å². The Bertz CT molecular complexity index is 672. The molecule has 0 saturated heterocycles. The zero-order valence-corrected chi connectivity index (χ0v) is 12.6. The molecule has 0 aromatic heterocycles. The number of rotatable bonds is 4. The van der Waals surface area contributed by atoms with Crippen LogP contribution in [0.4, 0.5) is 18.9 Å². The van der Waals surface area contributed by atoms with E-state index in [4.69, 9.17) is 0 Å². The molecule has 0 amide bonds. The van der Waals surface area contributed by atoms with Crippen molar-refractivity contribution in [2.75, 3.05) is 0 Å². The molecule has 1 nitrogen and oxygen atoms in total. The van der Waals surface area contributed by atoms with Gasteiger partial charge in [-0.05, 0) is 42.7 Å². The molecule has 0 atom stereocenters. The Labute approximate surface area is 128 Å². The highest BCUT2D eigenvalue weighted by atomic mass is 19.4. The standard InChI is InChI=1S/C18H18F3N/c1-3-7-17(22-16-11-5-4-8-13(16)2)14-9-6-10-15(12-14)18(19,20)21/h4-6,8-12H,3,7H2,1-2H3/b22-17+. The summed E-state index contributed by atoms with van der Waals surface area (Å²) in [5.41, 5.74) is 2.37. The van der Waals surface area contributed by atoms with E-state index in [2.05, 4.69) is 4.99 Å². The van der Waals surface area contributed by atoms with Crippen molar-refractivity contribution < 1.29 is 13.2 Å². The molecule has 0 heterocycles. The van der Waals surface area contributed by atoms with E-state index in [0.29, 0.717) is 17.7 Å². The van der Waals surface area contributed by atoms with Gasteiger partial charge in [0.1, 0.15) is 0 Å². The summed E-state index contributed by atoms with van der Waals surface area (Å²) >= 11 is 0. The minimum Gasteiger partial charge on any atom is -0.253 e. The van der Waals surface area contributed by atoms with Crippen LogP contribution in [0.5, 0.6) is 0 Å². The van der Waals surface area contributed by atoms with Crippen molar-refractivity contribution in [3.05, 3.63) is 65.2 Å². The summed E-state index contributed by atoms with van der Waals surface area (Å²) in [6, 6.07) is 13.0. The first kappa shape index (κ1) is 16.3. The number of halogens is 3. The molecule has 0 N–H and O–H groups in total. The fourth-order valence-corrected chi connectivity index (χ4v) is 2.21. The number of hydrogen-bond donors (Lipinski definition) is 0. The molecular weight excluding hydrogens is 287 g/mol. The number of nitrogens with zero attached hydrogens (tertiary/aromatic N) is 1. The van der Waals surface area contributed by atoms with E-state index in [-0.39, 0.29) is 0 Å². The Morgan fingerprint density at radius 1 is 1.05 bits per heavy atom. The van der Waals surface area contributed by atoms with E-state index in [0.717, 1.165) is 23.7 Å². The Morgan fingerprint density at radius 2 is 1.77 bits per heavy atom. The maximum absolute atomic E-state index is 12.9. The van der Waals surface area contributed by atoms with Crippen LogP contribution >= 0.6 is 0 Å². The van der Waals surface area contributed by atoms with Crippen molar-refractivity contribution >= 4 is 11.4 Å². The molecule has 0 aliphatic carbocycles. The van der Waals surface area contributed by atoms with Gasteiger partial charge in [-0.3, -0.25) is 4.99 Å². The molecule has 0 unspecified atom stereocenters. The third-order valence-corrected chi connectivity index (χ3v) is 3.38. The summed E-state index contributed by atoms with van der Waals surface area (Å²) in [6.07, 6.45) is -2.88. The van der Waals surface area contributed by atoms with Gasteiger partial charge < -0.3 is 0 Å². The lowest BCUT2D eigenvalue weighted by atomic mass is 10.0. The number of alkyl halides is 3. The second kappa shape index (κ2) is 6.77. The van der Waals surface area contributed by atoms with Gasteiger partial charge in [0.05, 0.1) is 11.3 Å². The van der Waals surface area contributed by atoms with Gasteiger partial charge in [-0.1, -0.05) is 43.7 Å². The molecule has 0 saturated carbocycles. The maximum Gasteiger partial charge on any atom is 0.416 e. The van der Waals surface area contributed by atoms with E-state index < -0.39 is 11.7 Å². The lowest BCUT2D eigenvalue weighted by Crippen LogP contribution is -2.08. The van der Waals surface area contributed by atoms with E-state index >= 15 is 0 Å². The average molecular weight is 305 g/mol. The van der Waals surface area contributed by atoms with Crippen LogP contribution in [0.2, 0.25) is 0 Å². The van der Waals surface area contributed by atoms with Gasteiger partial charge in [-0.15, -0.1) is 0 Å². The number of aryl methyl sites for hydroxylation is 1. The smallest absolute Gasteiger partial charge is 0.253 e. The van der Waals surface area contributed by atoms with Crippen LogP contribution < -0.4 is 0 Å². The van der Waals surface area contributed by atoms with Crippen LogP contribution in [0.15, 0.2) is 53.5 Å². The van der Waals surface area contributed by atoms with Gasteiger partial charge in [-0.25, -0.2) is 0 Å². The fourth-order valence-electron chi connectivity index (χ4n) is 2.21. The molecule has 22 heavy (non-hydrogen) atoms. The zero-order chi connectivity index (χ0) is 16.2. The summed E-state index contributed by atoms with van der Waals surface area (Å²) in [5.74, 6) is 0. The second-order valence-electron chi connectivity index (χ2n) is 5.17. The average Bonchev–Trinajstić information content (AvgIpc) is 2.48. The van der Waals surface area contributed by atoms with Gasteiger partial charge in [-0.2, -0.15) is 13.2 Å². The lowest BCUT2D eigenvalue weighted by molar-refractivity contribution is -0.137. The Hall–Kier alpha value is -2.10. The van der Waals surface area contributed by atoms with Crippen molar-refractivity contribution in [1.29, 1.82) is 0 Å². The summed E-state index contributed by atoms with van der Waals surface area (Å²) in [7, 11) is 0. The highest BCUT2D eigenvalue weighted by molar-refractivity contribution is 6.02. The van der Waals surface area contributed by atoms with E-state index in [1.54, 1.807) is 6.07 Å². The number of hydrogen-bond acceptors (Lipinski definition) is 1. The van der Waals surface area contributed by atoms with E-state index in [1.165, 1.54) is 12.1 Å². The van der Waals surface area contributed by atoms with Gasteiger partial charge in [0, 0.05) is 5.71 Å². The van der Waals surface area contributed by atoms with Crippen molar-refractivity contribution in [3.8, 4) is 0 Å². The van der Waals surface area contributed by atoms with Crippen LogP contribution in [0.25, 0.3) is 0 Å². The minimum atomic E-state index is -4.34. The molecule has 0 aliphatic heterocycles. The first-order chi connectivity index (χ1) is 10.4. The largest absolute Gasteiger partial charge is 0.416 e. The molecule has 0 radical (unpaired) electrons. The van der Waals surface area contributed by atoms with Crippen LogP contribution in [0.3, 0.4) is 0 Å². The molecule has 0 fully saturated rings. The van der Waals surface area contributed by atoms with Crippen LogP contribution in [-0.4, -0.2) is 5.71 Å². The van der Waals surface area contributed by atoms with Crippen molar-refractivity contribution in [2.45, 2.75) is 32.9 Å². The first-order valence-corrected chi connectivity index (χ1v) is 7.22. The predicted molar refractivity (Wildman–Crippen MR) is 83.7 cm³/mol. The molecule has 0 aliphatic rings. The van der Waals surface area contributed by atoms with E-state index in [9.17, 15) is 13.2 Å². The maximum atomic E-state index is 12.9. The van der Waals surface area contributed by atoms with Crippen LogP contribution in [0, 0.1) is 6.92 Å². The molecule has 0 spiro atoms. The fraction of sp³-hybridized carbons (Fsp3) is 0.278. The highest BCUT2D eigenvalue weighted by Crippen LogP contribution is 2.30. The number of para-hydroxylation sites is 1. The van der Waals surface area contributed by atoms with Crippen LogP contribution in [0.1, 0.15) is 36.5 Å². The third kappa shape index (κ3) is 3.97. The predicted octanol–water partition coefficient (Wildman–Crippen LogP) is 5.93. The summed E-state index contributed by atoms with van der Waals surface area (Å²) in [4.78, 5) is 4.59. The Morgan fingerprint density at radius 3 is 2.41 bits per heavy atom. The monoisotopic (exact) mass is 305 g/mol. The second-order valence-corrected chi connectivity index (χ2v) is 5.17. The Kier molecular flexibility index (Phi) is 5.01. The van der Waals surface area contributed by atoms with Crippen molar-refractivity contribution in [2.24, 2.45) is 4.99 Å². The van der Waals surface area contributed by atoms with Gasteiger partial charge in [0.2, 0.25) is 0 Å². The van der Waals surface area contributed by atoms with Crippen molar-refractivity contribution in [3.63, 3.8) is 0 Å². The molecule has 4 heteroatoms. The Balaban J connectivity index is 2.47. The van der Waals surface area contributed by atoms with Crippen LogP contribution in [-0.2, 0) is 6.18 Å². The van der Waals surface area contributed by atoms with Gasteiger partial charge >= 0.3 is 6.18 Å². The number of aliphatic imine (C=N–C) groups is 1. The highest BCUT2D eigenvalue weighted by Gasteiger charge is 2.30. The van der Waals surface area contributed by atoms with Gasteiger partial charge in [0.25, 0.3) is 0 Å². The third-order valence-electron chi connectivity index (χ3n) is 3.38. The van der Waals surface area contributed by atoms with Gasteiger partial charge in [0.15, 0.2) is 0 Å². The van der Waals surface area contributed by atoms with Crippen molar-refractivity contribution in [1.82, 2.24) is 0 Å². The SMILES string of the molecule is CCC/C(=N\c1ccccc1C)c1cccc(C(F)(F)F)c1. The first-order valence-electron chi connectivity index (χ1n) is 7.22. The van der Waals surface area contributed by atoms with E-state index in [1.807, 2.05) is 38.1 Å². The molecular formula is C18H18F3N. The minimum absolute atomic E-state index is 0.528. The summed E-state index contributed by atoms with van der Waals surface area (Å²) in [5, 5.41) is 0. The quantitative estimate of drug-likeness (QED) is 0.620. The number of benzene rings is 2. The zero-order valence-electron chi connectivity index (χ0n) is 12.6. The molecule has 2 aromatic rings. The molecule has 0 bridgehead atoms. The molecule has 116 valence electrons.